The van der Waals surface area contributed by atoms with Crippen LogP contribution in [0.2, 0.25) is 10.0 Å². The van der Waals surface area contributed by atoms with E-state index < -0.39 is 10.0 Å². The van der Waals surface area contributed by atoms with E-state index in [4.69, 9.17) is 27.9 Å². The van der Waals surface area contributed by atoms with Crippen LogP contribution in [-0.2, 0) is 16.6 Å². The van der Waals surface area contributed by atoms with Crippen LogP contribution in [0, 0.1) is 0 Å². The van der Waals surface area contributed by atoms with Gasteiger partial charge in [0.1, 0.15) is 12.4 Å². The van der Waals surface area contributed by atoms with E-state index in [9.17, 15) is 8.42 Å². The van der Waals surface area contributed by atoms with Crippen molar-refractivity contribution in [2.75, 3.05) is 0 Å². The van der Waals surface area contributed by atoms with Crippen molar-refractivity contribution >= 4 is 39.4 Å². The standard InChI is InChI=1S/C20H16Cl2N2O3S/c21-18-9-5-4-6-16(18)14-27-20-11-10-15(12-19(20)22)13-23-24-28(25,26)17-7-2-1-3-8-17/h1-13,24H,14H2/b23-13-. The van der Waals surface area contributed by atoms with Crippen LogP contribution in [0.3, 0.4) is 0 Å². The molecule has 0 heterocycles. The first kappa shape index (κ1) is 20.2. The summed E-state index contributed by atoms with van der Waals surface area (Å²) in [5.41, 5.74) is 1.46. The van der Waals surface area contributed by atoms with Crippen LogP contribution in [0.25, 0.3) is 0 Å². The zero-order chi connectivity index (χ0) is 20.0. The van der Waals surface area contributed by atoms with Crippen LogP contribution < -0.4 is 9.57 Å². The lowest BCUT2D eigenvalue weighted by Gasteiger charge is -2.09. The molecule has 3 aromatic carbocycles. The molecule has 0 unspecified atom stereocenters. The summed E-state index contributed by atoms with van der Waals surface area (Å²) in [5, 5.41) is 4.78. The molecule has 0 aliphatic heterocycles. The summed E-state index contributed by atoms with van der Waals surface area (Å²) in [6.07, 6.45) is 1.37. The lowest BCUT2D eigenvalue weighted by atomic mass is 10.2. The third-order valence-corrected chi connectivity index (χ3v) is 5.64. The van der Waals surface area contributed by atoms with Gasteiger partial charge in [0.05, 0.1) is 16.1 Å². The van der Waals surface area contributed by atoms with Crippen LogP contribution in [0.5, 0.6) is 5.75 Å². The fourth-order valence-electron chi connectivity index (χ4n) is 2.31. The third-order valence-electron chi connectivity index (χ3n) is 3.74. The number of sulfonamides is 1. The molecular weight excluding hydrogens is 419 g/mol. The normalized spacial score (nSPS) is 11.5. The van der Waals surface area contributed by atoms with Crippen LogP contribution in [0.15, 0.2) is 82.8 Å². The van der Waals surface area contributed by atoms with Gasteiger partial charge in [0.25, 0.3) is 10.0 Å². The zero-order valence-corrected chi connectivity index (χ0v) is 16.9. The van der Waals surface area contributed by atoms with Crippen molar-refractivity contribution in [2.24, 2.45) is 5.10 Å². The van der Waals surface area contributed by atoms with Crippen molar-refractivity contribution in [3.8, 4) is 5.75 Å². The van der Waals surface area contributed by atoms with Gasteiger partial charge in [0.15, 0.2) is 0 Å². The lowest BCUT2D eigenvalue weighted by molar-refractivity contribution is 0.306. The van der Waals surface area contributed by atoms with Gasteiger partial charge >= 0.3 is 0 Å². The predicted molar refractivity (Wildman–Crippen MR) is 112 cm³/mol. The van der Waals surface area contributed by atoms with E-state index >= 15 is 0 Å². The summed E-state index contributed by atoms with van der Waals surface area (Å²) < 4.78 is 29.9. The Morgan fingerprint density at radius 3 is 2.36 bits per heavy atom. The quantitative estimate of drug-likeness (QED) is 0.425. The number of rotatable bonds is 7. The number of halogens is 2. The number of hydrogen-bond donors (Lipinski definition) is 1. The van der Waals surface area contributed by atoms with Crippen molar-refractivity contribution in [3.63, 3.8) is 0 Å². The minimum atomic E-state index is -3.71. The van der Waals surface area contributed by atoms with Gasteiger partial charge in [-0.3, -0.25) is 0 Å². The molecule has 0 amide bonds. The summed E-state index contributed by atoms with van der Waals surface area (Å²) in [6, 6.07) is 20.4. The smallest absolute Gasteiger partial charge is 0.276 e. The van der Waals surface area contributed by atoms with Crippen molar-refractivity contribution in [2.45, 2.75) is 11.5 Å². The molecule has 0 aromatic heterocycles. The van der Waals surface area contributed by atoms with Crippen LogP contribution in [0.4, 0.5) is 0 Å². The summed E-state index contributed by atoms with van der Waals surface area (Å²) in [4.78, 5) is 2.30. The third kappa shape index (κ3) is 5.25. The monoisotopic (exact) mass is 434 g/mol. The Morgan fingerprint density at radius 2 is 1.64 bits per heavy atom. The summed E-state index contributed by atoms with van der Waals surface area (Å²) in [5.74, 6) is 0.489. The molecule has 0 bridgehead atoms. The Morgan fingerprint density at radius 1 is 0.929 bits per heavy atom. The second kappa shape index (κ2) is 9.10. The first-order valence-corrected chi connectivity index (χ1v) is 10.5. The SMILES string of the molecule is O=S(=O)(N/N=C\c1ccc(OCc2ccccc2Cl)c(Cl)c1)c1ccccc1. The molecule has 0 aliphatic carbocycles. The number of nitrogens with one attached hydrogen (secondary N) is 1. The molecule has 3 rings (SSSR count). The van der Waals surface area contributed by atoms with Crippen molar-refractivity contribution in [3.05, 3.63) is 94.0 Å². The van der Waals surface area contributed by atoms with Gasteiger partial charge in [0, 0.05) is 10.6 Å². The van der Waals surface area contributed by atoms with Gasteiger partial charge < -0.3 is 4.74 Å². The van der Waals surface area contributed by atoms with Gasteiger partial charge in [-0.05, 0) is 42.0 Å². The maximum atomic E-state index is 12.1. The maximum absolute atomic E-state index is 12.1. The highest BCUT2D eigenvalue weighted by Crippen LogP contribution is 2.27. The van der Waals surface area contributed by atoms with Gasteiger partial charge in [-0.15, -0.1) is 0 Å². The maximum Gasteiger partial charge on any atom is 0.276 e. The van der Waals surface area contributed by atoms with Gasteiger partial charge in [0.2, 0.25) is 0 Å². The van der Waals surface area contributed by atoms with E-state index in [0.717, 1.165) is 5.56 Å². The van der Waals surface area contributed by atoms with Crippen molar-refractivity contribution < 1.29 is 13.2 Å². The van der Waals surface area contributed by atoms with Gasteiger partial charge in [-0.25, -0.2) is 4.83 Å². The van der Waals surface area contributed by atoms with E-state index in [1.807, 2.05) is 18.2 Å². The fourth-order valence-corrected chi connectivity index (χ4v) is 3.55. The Balaban J connectivity index is 1.64. The van der Waals surface area contributed by atoms with Crippen molar-refractivity contribution in [1.29, 1.82) is 0 Å². The van der Waals surface area contributed by atoms with E-state index in [-0.39, 0.29) is 11.5 Å². The highest BCUT2D eigenvalue weighted by atomic mass is 35.5. The molecule has 3 aromatic rings. The molecule has 8 heteroatoms. The lowest BCUT2D eigenvalue weighted by Crippen LogP contribution is -2.18. The molecule has 0 aliphatic rings. The number of hydrazone groups is 1. The first-order valence-electron chi connectivity index (χ1n) is 8.21. The molecular formula is C20H16Cl2N2O3S. The Kier molecular flexibility index (Phi) is 6.57. The Labute approximate surface area is 173 Å². The van der Waals surface area contributed by atoms with Crippen LogP contribution in [-0.4, -0.2) is 14.6 Å². The molecule has 0 spiro atoms. The van der Waals surface area contributed by atoms with Gasteiger partial charge in [-0.1, -0.05) is 59.6 Å². The summed E-state index contributed by atoms with van der Waals surface area (Å²) >= 11 is 12.3. The molecule has 0 atom stereocenters. The summed E-state index contributed by atoms with van der Waals surface area (Å²) in [6.45, 7) is 0.281. The topological polar surface area (TPSA) is 67.8 Å². The molecule has 28 heavy (non-hydrogen) atoms. The van der Waals surface area contributed by atoms with Crippen LogP contribution >= 0.6 is 23.2 Å². The second-order valence-corrected chi connectivity index (χ2v) is 8.21. The molecule has 0 saturated heterocycles. The van der Waals surface area contributed by atoms with Crippen molar-refractivity contribution in [1.82, 2.24) is 4.83 Å². The minimum absolute atomic E-state index is 0.133. The molecule has 0 saturated carbocycles. The number of nitrogens with zero attached hydrogens (tertiary/aromatic N) is 1. The largest absolute Gasteiger partial charge is 0.487 e. The van der Waals surface area contributed by atoms with E-state index in [1.165, 1.54) is 18.3 Å². The number of ether oxygens (including phenoxy) is 1. The fraction of sp³-hybridized carbons (Fsp3) is 0.0500. The molecule has 5 nitrogen and oxygen atoms in total. The van der Waals surface area contributed by atoms with E-state index in [1.54, 1.807) is 42.5 Å². The number of hydrogen-bond acceptors (Lipinski definition) is 4. The molecule has 144 valence electrons. The molecule has 1 N–H and O–H groups in total. The van der Waals surface area contributed by atoms with E-state index in [0.29, 0.717) is 21.4 Å². The predicted octanol–water partition coefficient (Wildman–Crippen LogP) is 4.88. The Bertz CT molecular complexity index is 1090. The molecule has 0 radical (unpaired) electrons. The highest BCUT2D eigenvalue weighted by Gasteiger charge is 2.11. The highest BCUT2D eigenvalue weighted by molar-refractivity contribution is 7.89. The minimum Gasteiger partial charge on any atom is -0.487 e. The van der Waals surface area contributed by atoms with Gasteiger partial charge in [-0.2, -0.15) is 13.5 Å². The Hall–Kier alpha value is -2.54. The zero-order valence-electron chi connectivity index (χ0n) is 14.5. The summed E-state index contributed by atoms with van der Waals surface area (Å²) in [7, 11) is -3.71. The average molecular weight is 435 g/mol. The van der Waals surface area contributed by atoms with Crippen LogP contribution in [0.1, 0.15) is 11.1 Å². The second-order valence-electron chi connectivity index (χ2n) is 5.74. The van der Waals surface area contributed by atoms with E-state index in [2.05, 4.69) is 9.93 Å². The first-order chi connectivity index (χ1) is 13.5. The number of benzene rings is 3. The average Bonchev–Trinajstić information content (AvgIpc) is 2.69. The molecule has 0 fully saturated rings.